The molecule has 1 N–H and O–H groups in total. The predicted molar refractivity (Wildman–Crippen MR) is 105 cm³/mol. The van der Waals surface area contributed by atoms with E-state index in [9.17, 15) is 5.11 Å². The van der Waals surface area contributed by atoms with Gasteiger partial charge in [0, 0.05) is 55.5 Å². The minimum Gasteiger partial charge on any atom is -0.508 e. The maximum absolute atomic E-state index is 10.0. The van der Waals surface area contributed by atoms with Gasteiger partial charge in [-0.25, -0.2) is 9.97 Å². The van der Waals surface area contributed by atoms with Crippen molar-refractivity contribution in [3.63, 3.8) is 0 Å². The zero-order valence-corrected chi connectivity index (χ0v) is 16.0. The van der Waals surface area contributed by atoms with E-state index >= 15 is 0 Å². The Morgan fingerprint density at radius 1 is 1.11 bits per heavy atom. The third-order valence-corrected chi connectivity index (χ3v) is 6.85. The van der Waals surface area contributed by atoms with Crippen LogP contribution >= 0.6 is 0 Å². The summed E-state index contributed by atoms with van der Waals surface area (Å²) in [6, 6.07) is 9.08. The van der Waals surface area contributed by atoms with Gasteiger partial charge in [0.25, 0.3) is 0 Å². The molecular formula is C22H28N4O. The highest BCUT2D eigenvalue weighted by atomic mass is 16.3. The lowest BCUT2D eigenvalue weighted by molar-refractivity contribution is -0.00874. The lowest BCUT2D eigenvalue weighted by Gasteiger charge is -2.51. The fourth-order valence-corrected chi connectivity index (χ4v) is 5.65. The number of phenolic OH excluding ortho intramolecular Hbond substituents is 1. The second-order valence-electron chi connectivity index (χ2n) is 8.35. The van der Waals surface area contributed by atoms with Crippen LogP contribution in [0.25, 0.3) is 0 Å². The first-order valence-corrected chi connectivity index (χ1v) is 10.3. The monoisotopic (exact) mass is 364 g/mol. The molecule has 2 bridgehead atoms. The molecule has 0 aliphatic carbocycles. The van der Waals surface area contributed by atoms with E-state index in [1.54, 1.807) is 6.07 Å². The number of nitrogens with zero attached hydrogens (tertiary/aromatic N) is 4. The van der Waals surface area contributed by atoms with E-state index in [1.165, 1.54) is 37.1 Å². The number of aryl methyl sites for hydroxylation is 1. The quantitative estimate of drug-likeness (QED) is 0.904. The van der Waals surface area contributed by atoms with Crippen molar-refractivity contribution in [1.82, 2.24) is 19.8 Å². The van der Waals surface area contributed by atoms with Gasteiger partial charge in [-0.05, 0) is 49.5 Å². The van der Waals surface area contributed by atoms with Crippen LogP contribution in [0.5, 0.6) is 5.75 Å². The van der Waals surface area contributed by atoms with Crippen molar-refractivity contribution >= 4 is 0 Å². The number of piperidine rings is 3. The summed E-state index contributed by atoms with van der Waals surface area (Å²) in [5.74, 6) is 2.54. The molecule has 0 radical (unpaired) electrons. The van der Waals surface area contributed by atoms with E-state index in [0.717, 1.165) is 31.3 Å². The van der Waals surface area contributed by atoms with Crippen LogP contribution in [-0.4, -0.2) is 56.6 Å². The highest BCUT2D eigenvalue weighted by molar-refractivity contribution is 5.33. The SMILES string of the molecule is CCc1ncc(CN2C[C@H](c3cccc(O)c3)[C@H]3[C@@H]2C2CCN3CC2)cn1. The molecule has 4 saturated heterocycles. The summed E-state index contributed by atoms with van der Waals surface area (Å²) in [4.78, 5) is 14.4. The van der Waals surface area contributed by atoms with Crippen LogP contribution in [0.4, 0.5) is 0 Å². The summed E-state index contributed by atoms with van der Waals surface area (Å²) in [7, 11) is 0. The Bertz CT molecular complexity index is 800. The summed E-state index contributed by atoms with van der Waals surface area (Å²) in [6.45, 7) is 6.51. The predicted octanol–water partition coefficient (Wildman–Crippen LogP) is 2.81. The number of phenols is 1. The molecule has 1 aromatic heterocycles. The van der Waals surface area contributed by atoms with Crippen molar-refractivity contribution in [2.24, 2.45) is 5.92 Å². The van der Waals surface area contributed by atoms with Gasteiger partial charge in [0.2, 0.25) is 0 Å². The molecule has 2 aromatic rings. The smallest absolute Gasteiger partial charge is 0.127 e. The van der Waals surface area contributed by atoms with Gasteiger partial charge < -0.3 is 5.11 Å². The average Bonchev–Trinajstić information content (AvgIpc) is 3.11. The zero-order chi connectivity index (χ0) is 18.4. The third-order valence-electron chi connectivity index (χ3n) is 6.85. The van der Waals surface area contributed by atoms with Gasteiger partial charge in [0.15, 0.2) is 0 Å². The van der Waals surface area contributed by atoms with Crippen molar-refractivity contribution in [1.29, 1.82) is 0 Å². The Balaban J connectivity index is 1.45. The number of hydrogen-bond donors (Lipinski definition) is 1. The largest absolute Gasteiger partial charge is 0.508 e. The minimum atomic E-state index is 0.377. The fraction of sp³-hybridized carbons (Fsp3) is 0.545. The number of likely N-dealkylation sites (tertiary alicyclic amines) is 1. The van der Waals surface area contributed by atoms with E-state index in [-0.39, 0.29) is 0 Å². The van der Waals surface area contributed by atoms with E-state index in [1.807, 2.05) is 24.5 Å². The van der Waals surface area contributed by atoms with Crippen LogP contribution < -0.4 is 0 Å². The summed E-state index contributed by atoms with van der Waals surface area (Å²) >= 11 is 0. The van der Waals surface area contributed by atoms with Crippen LogP contribution in [0.2, 0.25) is 0 Å². The van der Waals surface area contributed by atoms with Gasteiger partial charge in [-0.1, -0.05) is 19.1 Å². The van der Waals surface area contributed by atoms with Gasteiger partial charge in [-0.2, -0.15) is 0 Å². The first kappa shape index (κ1) is 17.1. The Morgan fingerprint density at radius 3 is 2.59 bits per heavy atom. The average molecular weight is 364 g/mol. The lowest BCUT2D eigenvalue weighted by atomic mass is 9.75. The fourth-order valence-electron chi connectivity index (χ4n) is 5.65. The van der Waals surface area contributed by atoms with Crippen LogP contribution in [0.15, 0.2) is 36.7 Å². The molecule has 0 spiro atoms. The molecule has 3 atom stereocenters. The van der Waals surface area contributed by atoms with Crippen molar-refractivity contribution in [3.8, 4) is 5.75 Å². The molecular weight excluding hydrogens is 336 g/mol. The maximum Gasteiger partial charge on any atom is 0.127 e. The number of rotatable bonds is 4. The van der Waals surface area contributed by atoms with E-state index in [0.29, 0.717) is 23.8 Å². The van der Waals surface area contributed by atoms with Crippen LogP contribution in [0.3, 0.4) is 0 Å². The van der Waals surface area contributed by atoms with Gasteiger partial charge in [0.1, 0.15) is 11.6 Å². The number of hydrogen-bond acceptors (Lipinski definition) is 5. The Kier molecular flexibility index (Phi) is 4.37. The number of aromatic nitrogens is 2. The molecule has 4 aliphatic heterocycles. The first-order valence-electron chi connectivity index (χ1n) is 10.3. The standard InChI is InChI=1S/C22H28N4O/c1-2-20-23-11-15(12-24-20)13-26-14-19(17-4-3-5-18(27)10-17)22-21(26)16-6-8-25(22)9-7-16/h3-5,10-12,16,19,21-22,27H,2,6-9,13-14H2,1H3/t19-,21+,22+/m1/s1. The zero-order valence-electron chi connectivity index (χ0n) is 16.0. The molecule has 27 heavy (non-hydrogen) atoms. The molecule has 4 aliphatic rings. The van der Waals surface area contributed by atoms with E-state index in [2.05, 4.69) is 32.8 Å². The molecule has 0 unspecified atom stereocenters. The van der Waals surface area contributed by atoms with Crippen LogP contribution in [0, 0.1) is 5.92 Å². The number of aromatic hydroxyl groups is 1. The van der Waals surface area contributed by atoms with E-state index < -0.39 is 0 Å². The molecule has 0 amide bonds. The molecule has 0 saturated carbocycles. The van der Waals surface area contributed by atoms with E-state index in [4.69, 9.17) is 0 Å². The molecule has 4 fully saturated rings. The molecule has 5 heterocycles. The number of benzene rings is 1. The Hall–Kier alpha value is -1.98. The molecule has 6 rings (SSSR count). The highest BCUT2D eigenvalue weighted by Crippen LogP contribution is 2.47. The molecule has 5 nitrogen and oxygen atoms in total. The number of fused-ring (bicyclic) bond motifs is 2. The van der Waals surface area contributed by atoms with Crippen molar-refractivity contribution < 1.29 is 5.11 Å². The summed E-state index contributed by atoms with van der Waals surface area (Å²) < 4.78 is 0. The van der Waals surface area contributed by atoms with Crippen LogP contribution in [0.1, 0.15) is 42.6 Å². The Labute approximate surface area is 161 Å². The highest BCUT2D eigenvalue weighted by Gasteiger charge is 2.53. The molecule has 142 valence electrons. The topological polar surface area (TPSA) is 52.5 Å². The first-order chi connectivity index (χ1) is 13.2. The van der Waals surface area contributed by atoms with Crippen molar-refractivity contribution in [3.05, 3.63) is 53.6 Å². The molecule has 5 heteroatoms. The Morgan fingerprint density at radius 2 is 1.89 bits per heavy atom. The summed E-state index contributed by atoms with van der Waals surface area (Å²) in [5, 5.41) is 10.0. The van der Waals surface area contributed by atoms with Gasteiger partial charge in [0.05, 0.1) is 0 Å². The second-order valence-corrected chi connectivity index (χ2v) is 8.35. The van der Waals surface area contributed by atoms with Crippen LogP contribution in [-0.2, 0) is 13.0 Å². The van der Waals surface area contributed by atoms with Crippen molar-refractivity contribution in [2.45, 2.75) is 50.7 Å². The van der Waals surface area contributed by atoms with Gasteiger partial charge in [-0.3, -0.25) is 9.80 Å². The van der Waals surface area contributed by atoms with Gasteiger partial charge >= 0.3 is 0 Å². The summed E-state index contributed by atoms with van der Waals surface area (Å²) in [5.41, 5.74) is 2.48. The molecule has 1 aromatic carbocycles. The maximum atomic E-state index is 10.0. The lowest BCUT2D eigenvalue weighted by Crippen LogP contribution is -2.59. The van der Waals surface area contributed by atoms with Gasteiger partial charge in [-0.15, -0.1) is 0 Å². The van der Waals surface area contributed by atoms with Crippen molar-refractivity contribution in [2.75, 3.05) is 19.6 Å². The normalized spacial score (nSPS) is 32.6. The summed E-state index contributed by atoms with van der Waals surface area (Å²) in [6.07, 6.45) is 7.52. The minimum absolute atomic E-state index is 0.377. The third kappa shape index (κ3) is 3.03. The second kappa shape index (κ2) is 6.88.